The lowest BCUT2D eigenvalue weighted by Gasteiger charge is -2.39. The van der Waals surface area contributed by atoms with Crippen molar-refractivity contribution in [1.29, 1.82) is 0 Å². The predicted octanol–water partition coefficient (Wildman–Crippen LogP) is -1.28. The number of aromatic amines is 1. The zero-order valence-corrected chi connectivity index (χ0v) is 15.9. The number of ether oxygens (including phenoxy) is 3. The minimum Gasteiger partial charge on any atom is -0.436 e. The van der Waals surface area contributed by atoms with E-state index in [1.807, 2.05) is 12.1 Å². The van der Waals surface area contributed by atoms with E-state index >= 15 is 0 Å². The lowest BCUT2D eigenvalue weighted by Crippen LogP contribution is -2.62. The molecule has 2 heterocycles. The van der Waals surface area contributed by atoms with Gasteiger partial charge in [-0.1, -0.05) is 17.3 Å². The van der Waals surface area contributed by atoms with Gasteiger partial charge >= 0.3 is 5.97 Å². The summed E-state index contributed by atoms with van der Waals surface area (Å²) in [5.41, 5.74) is 6.14. The van der Waals surface area contributed by atoms with Crippen LogP contribution in [0.15, 0.2) is 35.6 Å². The van der Waals surface area contributed by atoms with Crippen molar-refractivity contribution < 1.29 is 39.5 Å². The van der Waals surface area contributed by atoms with Crippen LogP contribution in [0, 0.1) is 0 Å². The van der Waals surface area contributed by atoms with E-state index < -0.39 is 43.2 Å². The first-order valence-electron chi connectivity index (χ1n) is 8.72. The highest BCUT2D eigenvalue weighted by atomic mass is 16.7. The maximum atomic E-state index is 10.7. The molecule has 0 aliphatic carbocycles. The van der Waals surface area contributed by atoms with E-state index in [1.165, 1.54) is 19.3 Å². The minimum atomic E-state index is -1.31. The Labute approximate surface area is 170 Å². The number of aromatic nitrogens is 3. The number of para-hydroxylation sites is 1. The van der Waals surface area contributed by atoms with Crippen molar-refractivity contribution in [3.05, 3.63) is 36.0 Å². The number of H-pyrrole nitrogens is 1. The molecular formula is C17H23N5O8. The van der Waals surface area contributed by atoms with E-state index in [0.29, 0.717) is 17.2 Å². The molecule has 13 nitrogen and oxygen atoms in total. The molecule has 1 aromatic heterocycles. The minimum absolute atomic E-state index is 0.355. The molecule has 0 bridgehead atoms. The number of hydrogen-bond acceptors (Lipinski definition) is 12. The lowest BCUT2D eigenvalue weighted by atomic mass is 9.98. The number of nitrogens with zero attached hydrogens (tertiary/aromatic N) is 3. The van der Waals surface area contributed by atoms with Crippen molar-refractivity contribution in [2.45, 2.75) is 37.6 Å². The molecule has 5 atom stereocenters. The summed E-state index contributed by atoms with van der Waals surface area (Å²) in [6.45, 7) is 0.671. The van der Waals surface area contributed by atoms with Gasteiger partial charge in [-0.2, -0.15) is 10.3 Å². The maximum absolute atomic E-state index is 10.7. The topological polar surface area (TPSA) is 206 Å². The van der Waals surface area contributed by atoms with Crippen LogP contribution in [0.25, 0.3) is 0 Å². The van der Waals surface area contributed by atoms with Gasteiger partial charge in [0.15, 0.2) is 0 Å². The fraction of sp³-hybridized carbons (Fsp3) is 0.412. The zero-order valence-electron chi connectivity index (χ0n) is 15.9. The summed E-state index contributed by atoms with van der Waals surface area (Å²) < 4.78 is 15.1. The van der Waals surface area contributed by atoms with Crippen LogP contribution in [0.5, 0.6) is 11.6 Å². The average Bonchev–Trinajstić information content (AvgIpc) is 3.23. The standard InChI is InChI=1S/C9H8N4O2.C8H15NO6/c14-11-5-7-3-1-2-4-8(7)15-9-6-10-13-12-9;1-3(11)14-8-5(9)7(13)6(12)4(2-10)15-8/h1-6,14H,(H,10,12,13);4-8,10,12-13H,2,9H2,1H3/t;4-,5-,6+,7-,8?/m.1/s1. The first kappa shape index (κ1) is 23.2. The number of aliphatic hydroxyl groups excluding tert-OH is 3. The number of nitrogens with one attached hydrogen (secondary N) is 1. The first-order chi connectivity index (χ1) is 14.4. The molecule has 3 rings (SSSR count). The Balaban J connectivity index is 0.000000214. The fourth-order valence-electron chi connectivity index (χ4n) is 2.47. The third-order valence-corrected chi connectivity index (χ3v) is 3.93. The van der Waals surface area contributed by atoms with Crippen molar-refractivity contribution >= 4 is 12.2 Å². The van der Waals surface area contributed by atoms with Gasteiger partial charge in [-0.25, -0.2) is 0 Å². The Bertz CT molecular complexity index is 816. The second kappa shape index (κ2) is 11.2. The molecule has 1 unspecified atom stereocenters. The van der Waals surface area contributed by atoms with Crippen LogP contribution in [-0.4, -0.2) is 85.4 Å². The van der Waals surface area contributed by atoms with Gasteiger partial charge in [-0.05, 0) is 12.1 Å². The number of hydrogen-bond donors (Lipinski definition) is 6. The number of esters is 1. The van der Waals surface area contributed by atoms with E-state index in [1.54, 1.807) is 12.1 Å². The number of rotatable bonds is 5. The predicted molar refractivity (Wildman–Crippen MR) is 99.8 cm³/mol. The maximum Gasteiger partial charge on any atom is 0.304 e. The normalized spacial score (nSPS) is 26.0. The molecule has 1 fully saturated rings. The van der Waals surface area contributed by atoms with E-state index in [4.69, 9.17) is 25.5 Å². The largest absolute Gasteiger partial charge is 0.436 e. The Morgan fingerprint density at radius 2 is 2.10 bits per heavy atom. The zero-order chi connectivity index (χ0) is 22.1. The average molecular weight is 425 g/mol. The van der Waals surface area contributed by atoms with Gasteiger partial charge in [0, 0.05) is 12.5 Å². The van der Waals surface area contributed by atoms with Crippen LogP contribution in [0.2, 0.25) is 0 Å². The number of benzene rings is 1. The second-order valence-electron chi connectivity index (χ2n) is 6.09. The highest BCUT2D eigenvalue weighted by Gasteiger charge is 2.43. The summed E-state index contributed by atoms with van der Waals surface area (Å²) in [5, 5.41) is 48.9. The van der Waals surface area contributed by atoms with Crippen molar-refractivity contribution in [3.8, 4) is 11.6 Å². The molecule has 1 aliphatic heterocycles. The second-order valence-corrected chi connectivity index (χ2v) is 6.09. The third kappa shape index (κ3) is 6.20. The smallest absolute Gasteiger partial charge is 0.304 e. The van der Waals surface area contributed by atoms with Crippen LogP contribution in [0.4, 0.5) is 0 Å². The summed E-state index contributed by atoms with van der Waals surface area (Å²) in [6.07, 6.45) is -2.03. The molecule has 0 radical (unpaired) electrons. The highest BCUT2D eigenvalue weighted by Crippen LogP contribution is 2.22. The third-order valence-electron chi connectivity index (χ3n) is 3.93. The Hall–Kier alpha value is -3.10. The van der Waals surface area contributed by atoms with Gasteiger partial charge in [-0.3, -0.25) is 4.79 Å². The molecule has 7 N–H and O–H groups in total. The van der Waals surface area contributed by atoms with E-state index in [9.17, 15) is 15.0 Å². The van der Waals surface area contributed by atoms with Crippen molar-refractivity contribution in [1.82, 2.24) is 15.4 Å². The molecule has 0 amide bonds. The summed E-state index contributed by atoms with van der Waals surface area (Å²) in [5.74, 6) is 0.286. The number of carbonyl (C=O) groups excluding carboxylic acids is 1. The fourth-order valence-corrected chi connectivity index (χ4v) is 2.47. The summed E-state index contributed by atoms with van der Waals surface area (Å²) >= 11 is 0. The van der Waals surface area contributed by atoms with Crippen molar-refractivity contribution in [2.24, 2.45) is 10.9 Å². The van der Waals surface area contributed by atoms with Crippen LogP contribution >= 0.6 is 0 Å². The van der Waals surface area contributed by atoms with Gasteiger partial charge in [0.25, 0.3) is 5.88 Å². The summed E-state index contributed by atoms with van der Waals surface area (Å²) in [4.78, 5) is 10.7. The van der Waals surface area contributed by atoms with E-state index in [2.05, 4.69) is 25.3 Å². The number of carbonyl (C=O) groups is 1. The number of oxime groups is 1. The monoisotopic (exact) mass is 425 g/mol. The van der Waals surface area contributed by atoms with Gasteiger partial charge in [0.05, 0.1) is 18.9 Å². The molecular weight excluding hydrogens is 402 g/mol. The Kier molecular flexibility index (Phi) is 8.64. The molecule has 0 saturated carbocycles. The molecule has 1 saturated heterocycles. The molecule has 0 spiro atoms. The first-order valence-corrected chi connectivity index (χ1v) is 8.72. The number of nitrogens with two attached hydrogens (primary N) is 1. The Morgan fingerprint density at radius 1 is 1.37 bits per heavy atom. The highest BCUT2D eigenvalue weighted by molar-refractivity contribution is 5.83. The van der Waals surface area contributed by atoms with Crippen molar-refractivity contribution in [3.63, 3.8) is 0 Å². The van der Waals surface area contributed by atoms with E-state index in [0.717, 1.165) is 0 Å². The van der Waals surface area contributed by atoms with Gasteiger partial charge in [0.1, 0.15) is 30.3 Å². The summed E-state index contributed by atoms with van der Waals surface area (Å²) in [6, 6.07) is 6.09. The van der Waals surface area contributed by atoms with Gasteiger partial charge in [-0.15, -0.1) is 5.10 Å². The van der Waals surface area contributed by atoms with Crippen LogP contribution < -0.4 is 10.5 Å². The van der Waals surface area contributed by atoms with Gasteiger partial charge in [0.2, 0.25) is 6.29 Å². The molecule has 1 aromatic carbocycles. The van der Waals surface area contributed by atoms with Crippen LogP contribution in [0.1, 0.15) is 12.5 Å². The van der Waals surface area contributed by atoms with Crippen LogP contribution in [0.3, 0.4) is 0 Å². The molecule has 13 heteroatoms. The number of aliphatic hydroxyl groups is 3. The quantitative estimate of drug-likeness (QED) is 0.144. The SMILES string of the molecule is CC(=O)OC1O[C@H](CO)[C@H](O)[C@H](O)[C@H]1N.ON=Cc1ccccc1Oc1cn[nH]n1. The summed E-state index contributed by atoms with van der Waals surface area (Å²) in [7, 11) is 0. The molecule has 164 valence electrons. The van der Waals surface area contributed by atoms with Crippen LogP contribution in [-0.2, 0) is 14.3 Å². The lowest BCUT2D eigenvalue weighted by molar-refractivity contribution is -0.258. The van der Waals surface area contributed by atoms with Crippen molar-refractivity contribution in [2.75, 3.05) is 6.61 Å². The molecule has 30 heavy (non-hydrogen) atoms. The van der Waals surface area contributed by atoms with E-state index in [-0.39, 0.29) is 0 Å². The van der Waals surface area contributed by atoms with Gasteiger partial charge < -0.3 is 40.5 Å². The Morgan fingerprint density at radius 3 is 2.70 bits per heavy atom. The molecule has 2 aromatic rings. The molecule has 1 aliphatic rings.